The Labute approximate surface area is 51.6 Å². The van der Waals surface area contributed by atoms with Gasteiger partial charge in [0.15, 0.2) is 0 Å². The molecule has 0 aromatic carbocycles. The molecule has 0 radical (unpaired) electrons. The van der Waals surface area contributed by atoms with Crippen molar-refractivity contribution < 1.29 is 4.11 Å². The summed E-state index contributed by atoms with van der Waals surface area (Å²) in [6.45, 7) is -0.304. The molecule has 0 aliphatic carbocycles. The second-order valence-electron chi connectivity index (χ2n) is 1.04. The molecule has 0 saturated heterocycles. The zero-order valence-electron chi connectivity index (χ0n) is 6.66. The number of rotatable bonds is 1. The van der Waals surface area contributed by atoms with Crippen molar-refractivity contribution in [1.82, 2.24) is 0 Å². The van der Waals surface area contributed by atoms with Gasteiger partial charge in [-0.05, 0) is 13.8 Å². The Morgan fingerprint density at radius 3 is 3.00 bits per heavy atom. The van der Waals surface area contributed by atoms with E-state index in [0.717, 1.165) is 0 Å². The predicted octanol–water partition coefficient (Wildman–Crippen LogP) is 2.35. The van der Waals surface area contributed by atoms with Gasteiger partial charge in [0.2, 0.25) is 0 Å². The van der Waals surface area contributed by atoms with E-state index >= 15 is 0 Å². The third-order valence-electron chi connectivity index (χ3n) is 0.383. The van der Waals surface area contributed by atoms with E-state index in [1.807, 2.05) is 0 Å². The highest BCUT2D eigenvalue weighted by molar-refractivity contribution is 9.09. The first-order valence-corrected chi connectivity index (χ1v) is 2.84. The van der Waals surface area contributed by atoms with Gasteiger partial charge in [0.25, 0.3) is 0 Å². The summed E-state index contributed by atoms with van der Waals surface area (Å²) in [5, 5.41) is 0.608. The quantitative estimate of drug-likeness (QED) is 0.399. The molecule has 0 fully saturated rings. The molecule has 0 aliphatic heterocycles. The number of hydrogen-bond acceptors (Lipinski definition) is 0. The highest BCUT2D eigenvalue weighted by atomic mass is 79.9. The van der Waals surface area contributed by atoms with Crippen LogP contribution in [0.2, 0.25) is 0 Å². The Balaban J connectivity index is 4.03. The predicted molar refractivity (Wildman–Crippen MR) is 33.2 cm³/mol. The molecule has 0 atom stereocenters. The fourth-order valence-electron chi connectivity index (χ4n) is 0.116. The molecule has 0 unspecified atom stereocenters. The van der Waals surface area contributed by atoms with Crippen molar-refractivity contribution in [3.8, 4) is 0 Å². The monoisotopic (exact) mass is 151 g/mol. The second-order valence-corrected chi connectivity index (χ2v) is 1.69. The minimum atomic E-state index is -1.91. The zero-order valence-corrected chi connectivity index (χ0v) is 5.25. The number of halogens is 1. The molecule has 36 valence electrons. The van der Waals surface area contributed by atoms with E-state index in [9.17, 15) is 0 Å². The molecule has 1 heteroatoms. The average molecular weight is 152 g/mol. The number of alkyl halides is 1. The standard InChI is InChI=1S/C5H9Br/c1-5(2)3-4-6/h3H,4H2,1-2H3/i1D3/b5-3-. The van der Waals surface area contributed by atoms with E-state index < -0.39 is 6.85 Å². The molecule has 0 amide bonds. The van der Waals surface area contributed by atoms with E-state index in [0.29, 0.717) is 10.9 Å². The molecule has 0 spiro atoms. The van der Waals surface area contributed by atoms with E-state index in [-0.39, 0.29) is 0 Å². The first-order chi connectivity index (χ1) is 3.98. The Bertz CT molecular complexity index is 114. The minimum Gasteiger partial charge on any atom is -0.0883 e. The average Bonchev–Trinajstić information content (AvgIpc) is 1.64. The summed E-state index contributed by atoms with van der Waals surface area (Å²) >= 11 is 3.12. The summed E-state index contributed by atoms with van der Waals surface area (Å²) in [6, 6.07) is 0. The molecule has 0 aromatic rings. The Kier molecular flexibility index (Phi) is 1.43. The maximum Gasteiger partial charge on any atom is 0.0276 e. The van der Waals surface area contributed by atoms with Gasteiger partial charge in [0.1, 0.15) is 0 Å². The largest absolute Gasteiger partial charge is 0.0883 e. The maximum absolute atomic E-state index is 6.89. The molecule has 0 N–H and O–H groups in total. The van der Waals surface area contributed by atoms with E-state index in [4.69, 9.17) is 4.11 Å². The summed E-state index contributed by atoms with van der Waals surface area (Å²) in [5.74, 6) is 0. The van der Waals surface area contributed by atoms with Gasteiger partial charge in [-0.1, -0.05) is 27.6 Å². The molecule has 0 heterocycles. The van der Waals surface area contributed by atoms with Gasteiger partial charge < -0.3 is 0 Å². The third-order valence-corrected chi connectivity index (χ3v) is 0.707. The van der Waals surface area contributed by atoms with E-state index in [1.165, 1.54) is 0 Å². The van der Waals surface area contributed by atoms with Crippen LogP contribution in [-0.2, 0) is 0 Å². The number of hydrogen-bond donors (Lipinski definition) is 0. The smallest absolute Gasteiger partial charge is 0.0276 e. The van der Waals surface area contributed by atoms with Crippen LogP contribution < -0.4 is 0 Å². The van der Waals surface area contributed by atoms with Crippen LogP contribution in [0.1, 0.15) is 17.9 Å². The molecule has 0 aromatic heterocycles. The van der Waals surface area contributed by atoms with Crippen molar-refractivity contribution in [1.29, 1.82) is 0 Å². The van der Waals surface area contributed by atoms with Crippen molar-refractivity contribution in [2.24, 2.45) is 0 Å². The molecular weight excluding hydrogens is 140 g/mol. The fraction of sp³-hybridized carbons (Fsp3) is 0.600. The van der Waals surface area contributed by atoms with Gasteiger partial charge in [-0.15, -0.1) is 0 Å². The van der Waals surface area contributed by atoms with Crippen molar-refractivity contribution in [3.63, 3.8) is 0 Å². The van der Waals surface area contributed by atoms with Crippen molar-refractivity contribution in [3.05, 3.63) is 11.6 Å². The van der Waals surface area contributed by atoms with Gasteiger partial charge in [-0.25, -0.2) is 0 Å². The van der Waals surface area contributed by atoms with Gasteiger partial charge in [0, 0.05) is 9.44 Å². The maximum atomic E-state index is 6.89. The number of allylic oxidation sites excluding steroid dienone is 2. The highest BCUT2D eigenvalue weighted by Crippen LogP contribution is 1.89. The lowest BCUT2D eigenvalue weighted by Gasteiger charge is -1.79. The van der Waals surface area contributed by atoms with Gasteiger partial charge in [0.05, 0.1) is 0 Å². The second kappa shape index (κ2) is 3.41. The van der Waals surface area contributed by atoms with Crippen molar-refractivity contribution in [2.75, 3.05) is 5.33 Å². The first-order valence-electron chi connectivity index (χ1n) is 3.21. The zero-order chi connectivity index (χ0) is 7.49. The Morgan fingerprint density at radius 1 is 2.17 bits per heavy atom. The highest BCUT2D eigenvalue weighted by Gasteiger charge is 1.68. The van der Waals surface area contributed by atoms with Gasteiger partial charge in [-0.2, -0.15) is 0 Å². The summed E-state index contributed by atoms with van der Waals surface area (Å²) in [7, 11) is 0. The summed E-state index contributed by atoms with van der Waals surface area (Å²) in [4.78, 5) is 0. The molecule has 0 aliphatic rings. The van der Waals surface area contributed by atoms with Crippen molar-refractivity contribution in [2.45, 2.75) is 13.8 Å². The van der Waals surface area contributed by atoms with Crippen LogP contribution in [0.5, 0.6) is 0 Å². The van der Waals surface area contributed by atoms with Crippen LogP contribution in [-0.4, -0.2) is 5.33 Å². The van der Waals surface area contributed by atoms with E-state index in [2.05, 4.69) is 15.9 Å². The van der Waals surface area contributed by atoms with Crippen LogP contribution in [0.15, 0.2) is 11.6 Å². The Morgan fingerprint density at radius 2 is 2.83 bits per heavy atom. The molecule has 0 rings (SSSR count). The molecule has 6 heavy (non-hydrogen) atoms. The fourth-order valence-corrected chi connectivity index (χ4v) is 0.601. The Hall–Kier alpha value is 0.220. The SMILES string of the molecule is [2H]C([2H])([2H])/C(C)=C/CBr. The van der Waals surface area contributed by atoms with Crippen LogP contribution in [0.4, 0.5) is 0 Å². The van der Waals surface area contributed by atoms with Crippen LogP contribution >= 0.6 is 15.9 Å². The molecule has 0 bridgehead atoms. The van der Waals surface area contributed by atoms with E-state index in [1.54, 1.807) is 13.0 Å². The van der Waals surface area contributed by atoms with Crippen LogP contribution in [0.25, 0.3) is 0 Å². The molecule has 0 saturated carbocycles. The summed E-state index contributed by atoms with van der Waals surface area (Å²) in [6.07, 6.45) is 1.65. The van der Waals surface area contributed by atoms with Crippen LogP contribution in [0, 0.1) is 0 Å². The summed E-state index contributed by atoms with van der Waals surface area (Å²) < 4.78 is 20.7. The van der Waals surface area contributed by atoms with Gasteiger partial charge in [-0.3, -0.25) is 0 Å². The topological polar surface area (TPSA) is 0 Å². The molecular formula is C5H9Br. The third kappa shape index (κ3) is 4.22. The minimum absolute atomic E-state index is 0.444. The molecule has 0 nitrogen and oxygen atoms in total. The van der Waals surface area contributed by atoms with Crippen molar-refractivity contribution >= 4 is 15.9 Å². The lowest BCUT2D eigenvalue weighted by Crippen LogP contribution is -1.62. The van der Waals surface area contributed by atoms with Gasteiger partial charge >= 0.3 is 0 Å². The lowest BCUT2D eigenvalue weighted by molar-refractivity contribution is 1.37. The normalized spacial score (nSPS) is 21.7. The van der Waals surface area contributed by atoms with Crippen LogP contribution in [0.3, 0.4) is 0 Å². The lowest BCUT2D eigenvalue weighted by atomic mass is 10.3. The first kappa shape index (κ1) is 2.51. The summed E-state index contributed by atoms with van der Waals surface area (Å²) in [5.41, 5.74) is 0.444.